The monoisotopic (exact) mass is 1220 g/mol. The fourth-order valence-electron chi connectivity index (χ4n) is 0. The van der Waals surface area contributed by atoms with Crippen molar-refractivity contribution in [3.05, 3.63) is 0 Å². The van der Waals surface area contributed by atoms with Gasteiger partial charge in [0.2, 0.25) is 0 Å². The van der Waals surface area contributed by atoms with E-state index < -0.39 is 0 Å². The Kier molecular flexibility index (Phi) is 0. The van der Waals surface area contributed by atoms with Crippen molar-refractivity contribution in [2.24, 2.45) is 0 Å². The smallest absolute Gasteiger partial charge is 0.0776 e. The molecule has 0 heterocycles. The van der Waals surface area contributed by atoms with E-state index in [9.17, 15) is 0 Å². The molecule has 0 N–H and O–H groups in total. The molecule has 0 aromatic heterocycles. The molecule has 608 valence electrons. The van der Waals surface area contributed by atoms with Gasteiger partial charge in [-0.05, 0) is 0 Å². The number of hydrogen-bond donors (Lipinski definition) is 0. The van der Waals surface area contributed by atoms with E-state index in [2.05, 4.69) is 0 Å². The normalized spacial score (nSPS) is 0. The van der Waals surface area contributed by atoms with Crippen LogP contribution in [0.1, 0.15) is 564 Å². The lowest BCUT2D eigenvalue weighted by Gasteiger charge is -0.0786. The molecule has 0 saturated heterocycles. The first-order valence-corrected chi connectivity index (χ1v) is 0. The zero-order chi connectivity index (χ0) is 0. The van der Waals surface area contributed by atoms with Crippen molar-refractivity contribution in [1.82, 2.24) is 0 Å². The highest BCUT2D eigenvalue weighted by atomic mass is 12.1. The van der Waals surface area contributed by atoms with E-state index in [0.29, 0.717) is 0 Å². The van der Waals surface area contributed by atoms with Gasteiger partial charge in [-0.3, -0.25) is 0 Å². The maximum absolute atomic E-state index is 0. The van der Waals surface area contributed by atoms with Gasteiger partial charge in [-0.1, -0.05) is 564 Å². The van der Waals surface area contributed by atoms with Gasteiger partial charge in [0.15, 0.2) is 0 Å². The zero-order valence-electron chi connectivity index (χ0n) is 0. The second-order valence-corrected chi connectivity index (χ2v) is 0. The summed E-state index contributed by atoms with van der Waals surface area (Å²) in [5.74, 6) is 0. The van der Waals surface area contributed by atoms with E-state index in [1.807, 2.05) is 0 Å². The largest absolute Gasteiger partial charge is 0.0776 e. The fourth-order valence-corrected chi connectivity index (χ4v) is 0. The minimum atomic E-state index is 0. The lowest BCUT2D eigenvalue weighted by Crippen LogP contribution is 0.143. The van der Waals surface area contributed by atoms with Gasteiger partial charge in [-0.2, -0.15) is 0 Å². The Morgan fingerprint density at radius 2 is 0.0132 bits per heavy atom. The van der Waals surface area contributed by atoms with E-state index in [1.165, 1.54) is 0 Å². The molecule has 0 aromatic rings. The Labute approximate surface area is 562 Å². The summed E-state index contributed by atoms with van der Waals surface area (Å²) in [5.41, 5.74) is 0. The summed E-state index contributed by atoms with van der Waals surface area (Å²) >= 11 is 0. The van der Waals surface area contributed by atoms with Gasteiger partial charge in [0, 0.05) is 0 Å². The summed E-state index contributed by atoms with van der Waals surface area (Å²) in [6, 6.07) is 0. The molecule has 0 radical (unpaired) electrons. The van der Waals surface area contributed by atoms with Gasteiger partial charge in [-0.25, -0.2) is 0 Å². The van der Waals surface area contributed by atoms with Crippen molar-refractivity contribution >= 4 is 0 Å². The quantitative estimate of drug-likeness (QED) is 0.227. The third-order valence-corrected chi connectivity index (χ3v) is 0. The van der Waals surface area contributed by atoms with Crippen LogP contribution >= 0.6 is 0 Å². The lowest BCUT2D eigenvalue weighted by atomic mass is 12.0. The molecule has 76 heavy (non-hydrogen) atoms. The Morgan fingerprint density at radius 1 is 0.0132 bits per heavy atom. The summed E-state index contributed by atoms with van der Waals surface area (Å²) in [6.07, 6.45) is 0. The van der Waals surface area contributed by atoms with Gasteiger partial charge in [-0.15, -0.1) is 0 Å². The molecule has 0 aromatic carbocycles. The minimum Gasteiger partial charge on any atom is -0.0776 e. The molecule has 0 atom stereocenters. The summed E-state index contributed by atoms with van der Waals surface area (Å²) in [7, 11) is 0. The fraction of sp³-hybridized carbons (Fsp3) is 1.00. The topological polar surface area (TPSA) is 0 Å². The summed E-state index contributed by atoms with van der Waals surface area (Å²) in [5, 5.41) is 0. The molecular formula is C76H304. The molecular weight excluding hydrogens is 913 g/mol. The van der Waals surface area contributed by atoms with Crippen molar-refractivity contribution in [3.8, 4) is 0 Å². The molecule has 0 amide bonds. The van der Waals surface area contributed by atoms with E-state index in [4.69, 9.17) is 0 Å². The molecule has 0 fully saturated rings. The van der Waals surface area contributed by atoms with Crippen LogP contribution in [-0.2, 0) is 0 Å². The maximum atomic E-state index is 0. The van der Waals surface area contributed by atoms with Gasteiger partial charge in [0.1, 0.15) is 0 Å². The van der Waals surface area contributed by atoms with Crippen LogP contribution in [0.25, 0.3) is 0 Å². The molecule has 0 nitrogen and oxygen atoms in total. The van der Waals surface area contributed by atoms with Crippen LogP contribution in [0.3, 0.4) is 0 Å². The highest BCUT2D eigenvalue weighted by Gasteiger charge is -0.00256. The molecule has 0 saturated carbocycles. The Morgan fingerprint density at radius 3 is 0.0132 bits per heavy atom. The predicted octanol–water partition coefficient (Wildman–Crippen LogP) is 48.3. The standard InChI is InChI=1S/76CH4/h76*1H4. The minimum absolute atomic E-state index is 0. The zero-order valence-corrected chi connectivity index (χ0v) is 0. The van der Waals surface area contributed by atoms with Gasteiger partial charge < -0.3 is 0 Å². The van der Waals surface area contributed by atoms with Crippen LogP contribution in [0, 0.1) is 0 Å². The SMILES string of the molecule is C.C.C.C.C.C.C.C.C.C.C.C.C.C.C.C.C.C.C.C.C.C.C.C.C.C.C.C.C.C.C.C.C.C.C.C.C.C.C.C.C.C.C.C.C.C.C.C.C.C.C.C.C.C.C.C.C.C.C.C.C.C.C.C.C.C.C.C.C.C.C.C.C.C.C.C. The second kappa shape index (κ2) is 0. The van der Waals surface area contributed by atoms with Gasteiger partial charge in [0.05, 0.1) is 0 Å². The molecule has 0 unspecified atom stereocenters. The maximum Gasteiger partial charge on any atom is -0.0776 e. The molecule has 0 aliphatic carbocycles. The summed E-state index contributed by atoms with van der Waals surface area (Å²) in [4.78, 5) is 0. The van der Waals surface area contributed by atoms with Crippen molar-refractivity contribution < 1.29 is 0 Å². The first-order valence-electron chi connectivity index (χ1n) is 0. The summed E-state index contributed by atoms with van der Waals surface area (Å²) in [6.45, 7) is 0. The second-order valence-electron chi connectivity index (χ2n) is 0. The first kappa shape index (κ1) is 0. The molecule has 0 aliphatic heterocycles. The van der Waals surface area contributed by atoms with Crippen LogP contribution in [0.2, 0.25) is 0 Å². The summed E-state index contributed by atoms with van der Waals surface area (Å²) < 4.78 is 0. The first-order chi connectivity index (χ1) is 0. The van der Waals surface area contributed by atoms with Crippen LogP contribution in [0.5, 0.6) is 0 Å². The Bertz CT molecular complexity index is 0. The van der Waals surface area contributed by atoms with Crippen LogP contribution in [0.4, 0.5) is 0 Å². The third kappa shape index (κ3) is 0. The van der Waals surface area contributed by atoms with Gasteiger partial charge in [0.25, 0.3) is 0 Å². The lowest BCUT2D eigenvalue weighted by molar-refractivity contribution is 2.50. The average Bonchev–Trinajstić information content (AvgIpc) is 0. The number of rotatable bonds is 0. The molecule has 0 heteroatoms. The van der Waals surface area contributed by atoms with Gasteiger partial charge >= 0.3 is 0 Å². The van der Waals surface area contributed by atoms with Crippen LogP contribution < -0.4 is 0 Å². The van der Waals surface area contributed by atoms with Crippen LogP contribution in [0.15, 0.2) is 0 Å². The third-order valence-electron chi connectivity index (χ3n) is 0. The van der Waals surface area contributed by atoms with E-state index in [-0.39, 0.29) is 564 Å². The highest BCUT2D eigenvalue weighted by molar-refractivity contribution is 2.58. The van der Waals surface area contributed by atoms with Crippen molar-refractivity contribution in [1.29, 1.82) is 0 Å². The highest BCUT2D eigenvalue weighted by Crippen LogP contribution is 0.219. The van der Waals surface area contributed by atoms with Crippen molar-refractivity contribution in [3.63, 3.8) is 0 Å². The molecule has 0 aliphatic rings. The Hall–Kier alpha value is 0. The number of hydrogen-bond acceptors (Lipinski definition) is 0. The van der Waals surface area contributed by atoms with E-state index in [0.717, 1.165) is 0 Å². The average molecular weight is 1220 g/mol. The predicted molar refractivity (Wildman–Crippen MR) is 512 cm³/mol. The van der Waals surface area contributed by atoms with E-state index in [1.54, 1.807) is 0 Å². The Balaban J connectivity index is 0. The van der Waals surface area contributed by atoms with Crippen molar-refractivity contribution in [2.75, 3.05) is 0 Å². The van der Waals surface area contributed by atoms with Crippen molar-refractivity contribution in [2.45, 2.75) is 564 Å². The molecule has 0 rings (SSSR count). The molecule has 0 bridgehead atoms. The van der Waals surface area contributed by atoms with E-state index >= 15 is 0 Å². The molecule has 0 spiro atoms. The van der Waals surface area contributed by atoms with Crippen LogP contribution in [-0.4, -0.2) is 0 Å².